The summed E-state index contributed by atoms with van der Waals surface area (Å²) < 4.78 is 0. The minimum Gasteiger partial charge on any atom is -0.356 e. The van der Waals surface area contributed by atoms with E-state index in [-0.39, 0.29) is 0 Å². The van der Waals surface area contributed by atoms with Crippen molar-refractivity contribution in [1.29, 1.82) is 0 Å². The van der Waals surface area contributed by atoms with Crippen LogP contribution in [0.4, 0.5) is 0 Å². The number of hydrogen-bond donors (Lipinski definition) is 2. The van der Waals surface area contributed by atoms with Crippen molar-refractivity contribution in [3.8, 4) is 0 Å². The smallest absolute Gasteiger partial charge is 0.191 e. The molecule has 2 aliphatic carbocycles. The minimum atomic E-state index is 0.604. The Morgan fingerprint density at radius 1 is 1.40 bits per heavy atom. The monoisotopic (exact) mass is 295 g/mol. The molecule has 1 saturated carbocycles. The second kappa shape index (κ2) is 8.60. The summed E-state index contributed by atoms with van der Waals surface area (Å²) in [5, 5.41) is 7.87. The molecule has 2 N–H and O–H groups in total. The van der Waals surface area contributed by atoms with Gasteiger partial charge in [0, 0.05) is 24.9 Å². The molecule has 2 atom stereocenters. The van der Waals surface area contributed by atoms with Crippen molar-refractivity contribution in [2.45, 2.75) is 62.7 Å². The average molecular weight is 295 g/mol. The number of rotatable bonds is 5. The average Bonchev–Trinajstić information content (AvgIpc) is 2.95. The van der Waals surface area contributed by atoms with E-state index in [0.29, 0.717) is 6.04 Å². The Morgan fingerprint density at radius 2 is 2.30 bits per heavy atom. The first-order valence-corrected chi connectivity index (χ1v) is 9.28. The van der Waals surface area contributed by atoms with Gasteiger partial charge in [0.25, 0.3) is 0 Å². The van der Waals surface area contributed by atoms with Gasteiger partial charge in [-0.05, 0) is 57.6 Å². The number of aliphatic imine (C=N–C) groups is 1. The van der Waals surface area contributed by atoms with Crippen LogP contribution in [0.25, 0.3) is 0 Å². The van der Waals surface area contributed by atoms with Crippen LogP contribution in [0.2, 0.25) is 0 Å². The lowest BCUT2D eigenvalue weighted by Crippen LogP contribution is -2.42. The highest BCUT2D eigenvalue weighted by Gasteiger charge is 2.24. The van der Waals surface area contributed by atoms with Crippen LogP contribution >= 0.6 is 11.8 Å². The molecular formula is C16H29N3S. The van der Waals surface area contributed by atoms with Gasteiger partial charge in [-0.3, -0.25) is 4.99 Å². The quantitative estimate of drug-likeness (QED) is 0.464. The topological polar surface area (TPSA) is 36.4 Å². The molecule has 3 nitrogen and oxygen atoms in total. The molecule has 0 spiro atoms. The summed E-state index contributed by atoms with van der Waals surface area (Å²) in [6, 6.07) is 0.604. The van der Waals surface area contributed by atoms with Crippen LogP contribution < -0.4 is 10.6 Å². The molecule has 0 aromatic rings. The second-order valence-corrected chi connectivity index (χ2v) is 7.01. The van der Waals surface area contributed by atoms with Crippen molar-refractivity contribution >= 4 is 17.7 Å². The van der Waals surface area contributed by atoms with Crippen LogP contribution in [0, 0.1) is 0 Å². The molecule has 2 rings (SSSR count). The zero-order valence-corrected chi connectivity index (χ0v) is 13.8. The number of thioether (sulfide) groups is 1. The summed E-state index contributed by atoms with van der Waals surface area (Å²) in [6.45, 7) is 1.00. The van der Waals surface area contributed by atoms with E-state index in [1.54, 1.807) is 5.57 Å². The van der Waals surface area contributed by atoms with E-state index in [1.165, 1.54) is 51.4 Å². The van der Waals surface area contributed by atoms with Gasteiger partial charge in [-0.2, -0.15) is 11.8 Å². The fourth-order valence-corrected chi connectivity index (χ4v) is 3.94. The Morgan fingerprint density at radius 3 is 2.95 bits per heavy atom. The molecule has 2 unspecified atom stereocenters. The lowest BCUT2D eigenvalue weighted by molar-refractivity contribution is 0.611. The molecule has 0 bridgehead atoms. The van der Waals surface area contributed by atoms with Gasteiger partial charge in [-0.15, -0.1) is 0 Å². The molecule has 4 heteroatoms. The van der Waals surface area contributed by atoms with Crippen LogP contribution in [0.15, 0.2) is 16.6 Å². The van der Waals surface area contributed by atoms with Crippen LogP contribution in [-0.2, 0) is 0 Å². The lowest BCUT2D eigenvalue weighted by atomic mass is 9.97. The zero-order chi connectivity index (χ0) is 14.2. The highest BCUT2D eigenvalue weighted by molar-refractivity contribution is 7.99. The van der Waals surface area contributed by atoms with Crippen molar-refractivity contribution in [1.82, 2.24) is 10.6 Å². The van der Waals surface area contributed by atoms with Gasteiger partial charge in [-0.1, -0.05) is 11.6 Å². The molecule has 0 aliphatic heterocycles. The van der Waals surface area contributed by atoms with Crippen molar-refractivity contribution in [2.75, 3.05) is 19.8 Å². The first-order chi connectivity index (χ1) is 9.81. The molecule has 2 aliphatic rings. The third kappa shape index (κ3) is 5.04. The maximum Gasteiger partial charge on any atom is 0.191 e. The van der Waals surface area contributed by atoms with Gasteiger partial charge < -0.3 is 10.6 Å². The molecule has 0 aromatic heterocycles. The zero-order valence-electron chi connectivity index (χ0n) is 13.0. The third-order valence-corrected chi connectivity index (χ3v) is 5.50. The molecule has 0 amide bonds. The molecule has 0 aromatic carbocycles. The standard InChI is InChI=1S/C16H29N3S/c1-17-16(19-14-8-9-15(12-14)20-2)18-11-10-13-6-4-3-5-7-13/h6,14-15H,3-5,7-12H2,1-2H3,(H2,17,18,19). The molecular weight excluding hydrogens is 266 g/mol. The second-order valence-electron chi connectivity index (χ2n) is 5.87. The maximum atomic E-state index is 4.35. The maximum absolute atomic E-state index is 4.35. The molecule has 0 saturated heterocycles. The van der Waals surface area contributed by atoms with Gasteiger partial charge in [0.1, 0.15) is 0 Å². The first-order valence-electron chi connectivity index (χ1n) is 7.99. The first kappa shape index (κ1) is 15.7. The number of guanidine groups is 1. The van der Waals surface area contributed by atoms with E-state index in [4.69, 9.17) is 0 Å². The molecule has 0 heterocycles. The highest BCUT2D eigenvalue weighted by atomic mass is 32.2. The van der Waals surface area contributed by atoms with E-state index >= 15 is 0 Å². The van der Waals surface area contributed by atoms with Crippen molar-refractivity contribution in [2.24, 2.45) is 4.99 Å². The van der Waals surface area contributed by atoms with Crippen LogP contribution in [0.5, 0.6) is 0 Å². The summed E-state index contributed by atoms with van der Waals surface area (Å²) in [6.07, 6.45) is 15.0. The van der Waals surface area contributed by atoms with Crippen molar-refractivity contribution in [3.05, 3.63) is 11.6 Å². The number of hydrogen-bond acceptors (Lipinski definition) is 2. The van der Waals surface area contributed by atoms with Crippen LogP contribution in [0.1, 0.15) is 51.4 Å². The largest absolute Gasteiger partial charge is 0.356 e. The predicted molar refractivity (Wildman–Crippen MR) is 90.6 cm³/mol. The molecule has 20 heavy (non-hydrogen) atoms. The van der Waals surface area contributed by atoms with Gasteiger partial charge in [0.15, 0.2) is 5.96 Å². The SMILES string of the molecule is CN=C(NCCC1=CCCCC1)NC1CCC(SC)C1. The van der Waals surface area contributed by atoms with Gasteiger partial charge in [0.2, 0.25) is 0 Å². The predicted octanol–water partition coefficient (Wildman–Crippen LogP) is 3.33. The Hall–Kier alpha value is -0.640. The summed E-state index contributed by atoms with van der Waals surface area (Å²) in [7, 11) is 1.87. The highest BCUT2D eigenvalue weighted by Crippen LogP contribution is 2.28. The van der Waals surface area contributed by atoms with E-state index in [2.05, 4.69) is 28.0 Å². The lowest BCUT2D eigenvalue weighted by Gasteiger charge is -2.18. The summed E-state index contributed by atoms with van der Waals surface area (Å²) >= 11 is 2.00. The van der Waals surface area contributed by atoms with E-state index in [9.17, 15) is 0 Å². The van der Waals surface area contributed by atoms with E-state index in [1.807, 2.05) is 18.8 Å². The Labute approximate surface area is 128 Å². The Bertz CT molecular complexity index is 352. The Kier molecular flexibility index (Phi) is 6.77. The Balaban J connectivity index is 1.66. The number of nitrogens with zero attached hydrogens (tertiary/aromatic N) is 1. The summed E-state index contributed by atoms with van der Waals surface area (Å²) in [4.78, 5) is 4.35. The fraction of sp³-hybridized carbons (Fsp3) is 0.812. The third-order valence-electron chi connectivity index (χ3n) is 4.41. The molecule has 1 fully saturated rings. The number of nitrogens with one attached hydrogen (secondary N) is 2. The summed E-state index contributed by atoms with van der Waals surface area (Å²) in [5.41, 5.74) is 1.63. The van der Waals surface area contributed by atoms with Crippen LogP contribution in [0.3, 0.4) is 0 Å². The van der Waals surface area contributed by atoms with Gasteiger partial charge in [0.05, 0.1) is 0 Å². The normalized spacial score (nSPS) is 27.3. The summed E-state index contributed by atoms with van der Waals surface area (Å²) in [5.74, 6) is 0.980. The van der Waals surface area contributed by atoms with E-state index < -0.39 is 0 Å². The molecule has 0 radical (unpaired) electrons. The fourth-order valence-electron chi connectivity index (χ4n) is 3.15. The van der Waals surface area contributed by atoms with Gasteiger partial charge >= 0.3 is 0 Å². The van der Waals surface area contributed by atoms with Crippen LogP contribution in [-0.4, -0.2) is 37.1 Å². The van der Waals surface area contributed by atoms with Gasteiger partial charge in [-0.25, -0.2) is 0 Å². The molecule has 114 valence electrons. The van der Waals surface area contributed by atoms with E-state index in [0.717, 1.165) is 17.8 Å². The van der Waals surface area contributed by atoms with Crippen molar-refractivity contribution in [3.63, 3.8) is 0 Å². The van der Waals surface area contributed by atoms with Crippen molar-refractivity contribution < 1.29 is 0 Å². The minimum absolute atomic E-state index is 0.604. The number of allylic oxidation sites excluding steroid dienone is 1.